The van der Waals surface area contributed by atoms with Crippen LogP contribution in [-0.2, 0) is 9.57 Å². The van der Waals surface area contributed by atoms with Crippen molar-refractivity contribution in [1.29, 1.82) is 0 Å². The fraction of sp³-hybridized carbons (Fsp3) is 0.300. The van der Waals surface area contributed by atoms with Gasteiger partial charge in [-0.1, -0.05) is 6.07 Å². The van der Waals surface area contributed by atoms with Crippen molar-refractivity contribution in [3.63, 3.8) is 0 Å². The third-order valence-corrected chi connectivity index (χ3v) is 2.56. The van der Waals surface area contributed by atoms with Crippen molar-refractivity contribution in [3.05, 3.63) is 34.1 Å². The van der Waals surface area contributed by atoms with Crippen molar-refractivity contribution in [2.24, 2.45) is 0 Å². The van der Waals surface area contributed by atoms with Crippen LogP contribution < -0.4 is 5.48 Å². The van der Waals surface area contributed by atoms with Gasteiger partial charge in [-0.15, -0.1) is 0 Å². The number of rotatable bonds is 5. The summed E-state index contributed by atoms with van der Waals surface area (Å²) in [5.74, 6) is -1.01. The highest BCUT2D eigenvalue weighted by molar-refractivity contribution is 9.10. The molecular formula is C10H11BrFNO3. The molecule has 88 valence electrons. The molecule has 16 heavy (non-hydrogen) atoms. The first-order chi connectivity index (χ1) is 7.66. The third-order valence-electron chi connectivity index (χ3n) is 1.75. The van der Waals surface area contributed by atoms with Crippen LogP contribution in [0, 0.1) is 5.82 Å². The molecule has 6 heteroatoms. The molecule has 1 aromatic carbocycles. The summed E-state index contributed by atoms with van der Waals surface area (Å²) in [6.07, 6.45) is 0. The second-order valence-corrected chi connectivity index (χ2v) is 3.67. The number of carbonyl (C=O) groups is 1. The smallest absolute Gasteiger partial charge is 0.276 e. The summed E-state index contributed by atoms with van der Waals surface area (Å²) >= 11 is 2.99. The largest absolute Gasteiger partial charge is 0.382 e. The molecule has 0 aromatic heterocycles. The van der Waals surface area contributed by atoms with Gasteiger partial charge in [-0.05, 0) is 28.1 Å². The fourth-order valence-electron chi connectivity index (χ4n) is 0.976. The molecule has 0 saturated heterocycles. The van der Waals surface area contributed by atoms with Crippen molar-refractivity contribution in [2.45, 2.75) is 0 Å². The van der Waals surface area contributed by atoms with Crippen molar-refractivity contribution in [2.75, 3.05) is 20.3 Å². The molecule has 0 heterocycles. The summed E-state index contributed by atoms with van der Waals surface area (Å²) < 4.78 is 17.9. The van der Waals surface area contributed by atoms with Gasteiger partial charge in [-0.25, -0.2) is 9.87 Å². The molecule has 0 aliphatic heterocycles. The first-order valence-corrected chi connectivity index (χ1v) is 5.31. The molecule has 0 aliphatic rings. The highest BCUT2D eigenvalue weighted by Gasteiger charge is 2.12. The molecule has 0 bridgehead atoms. The van der Waals surface area contributed by atoms with Crippen LogP contribution in [0.15, 0.2) is 22.7 Å². The molecule has 1 amide bonds. The van der Waals surface area contributed by atoms with Crippen LogP contribution >= 0.6 is 15.9 Å². The van der Waals surface area contributed by atoms with Crippen molar-refractivity contribution in [3.8, 4) is 0 Å². The molecule has 0 aliphatic carbocycles. The normalized spacial score (nSPS) is 10.2. The molecule has 1 aromatic rings. The minimum Gasteiger partial charge on any atom is -0.382 e. The van der Waals surface area contributed by atoms with E-state index in [0.717, 1.165) is 0 Å². The van der Waals surface area contributed by atoms with Gasteiger partial charge in [0.15, 0.2) is 0 Å². The average Bonchev–Trinajstić information content (AvgIpc) is 2.28. The maximum absolute atomic E-state index is 13.1. The predicted octanol–water partition coefficient (Wildman–Crippen LogP) is 1.90. The van der Waals surface area contributed by atoms with E-state index in [1.54, 1.807) is 0 Å². The molecule has 0 spiro atoms. The van der Waals surface area contributed by atoms with Crippen LogP contribution in [0.2, 0.25) is 0 Å². The lowest BCUT2D eigenvalue weighted by Crippen LogP contribution is -2.25. The number of hydrogen-bond acceptors (Lipinski definition) is 3. The summed E-state index contributed by atoms with van der Waals surface area (Å²) in [5, 5.41) is 0. The van der Waals surface area contributed by atoms with E-state index in [9.17, 15) is 9.18 Å². The van der Waals surface area contributed by atoms with Crippen molar-refractivity contribution in [1.82, 2.24) is 5.48 Å². The zero-order valence-electron chi connectivity index (χ0n) is 8.63. The minimum atomic E-state index is -0.512. The Morgan fingerprint density at radius 1 is 1.50 bits per heavy atom. The molecule has 0 radical (unpaired) electrons. The van der Waals surface area contributed by atoms with Gasteiger partial charge in [0.25, 0.3) is 5.91 Å². The fourth-order valence-corrected chi connectivity index (χ4v) is 1.42. The number of hydrogen-bond donors (Lipinski definition) is 1. The van der Waals surface area contributed by atoms with Crippen molar-refractivity contribution >= 4 is 21.8 Å². The molecule has 0 atom stereocenters. The van der Waals surface area contributed by atoms with Gasteiger partial charge in [0.2, 0.25) is 0 Å². The Bertz CT molecular complexity index is 373. The number of methoxy groups -OCH3 is 1. The molecule has 1 rings (SSSR count). The highest BCUT2D eigenvalue weighted by atomic mass is 79.9. The van der Waals surface area contributed by atoms with E-state index < -0.39 is 11.7 Å². The van der Waals surface area contributed by atoms with Gasteiger partial charge < -0.3 is 4.74 Å². The van der Waals surface area contributed by atoms with Crippen LogP contribution in [0.3, 0.4) is 0 Å². The quantitative estimate of drug-likeness (QED) is 0.666. The summed E-state index contributed by atoms with van der Waals surface area (Å²) in [6, 6.07) is 4.19. The van der Waals surface area contributed by atoms with Crippen LogP contribution in [-0.4, -0.2) is 26.2 Å². The summed E-state index contributed by atoms with van der Waals surface area (Å²) in [7, 11) is 1.52. The first-order valence-electron chi connectivity index (χ1n) is 4.52. The monoisotopic (exact) mass is 291 g/mol. The second kappa shape index (κ2) is 6.57. The minimum absolute atomic E-state index is 0.114. The Morgan fingerprint density at radius 2 is 2.25 bits per heavy atom. The lowest BCUT2D eigenvalue weighted by molar-refractivity contribution is 0.00881. The molecule has 4 nitrogen and oxygen atoms in total. The second-order valence-electron chi connectivity index (χ2n) is 2.87. The van der Waals surface area contributed by atoms with Gasteiger partial charge in [0, 0.05) is 7.11 Å². The SMILES string of the molecule is COCCONC(=O)c1cccc(F)c1Br. The van der Waals surface area contributed by atoms with E-state index >= 15 is 0 Å². The van der Waals surface area contributed by atoms with Gasteiger partial charge >= 0.3 is 0 Å². The van der Waals surface area contributed by atoms with Crippen LogP contribution in [0.5, 0.6) is 0 Å². The number of amides is 1. The van der Waals surface area contributed by atoms with Crippen LogP contribution in [0.25, 0.3) is 0 Å². The van der Waals surface area contributed by atoms with E-state index in [4.69, 9.17) is 9.57 Å². The van der Waals surface area contributed by atoms with Crippen molar-refractivity contribution < 1.29 is 18.8 Å². The summed E-state index contributed by atoms with van der Waals surface area (Å²) in [4.78, 5) is 16.3. The van der Waals surface area contributed by atoms with Crippen LogP contribution in [0.1, 0.15) is 10.4 Å². The van der Waals surface area contributed by atoms with E-state index in [2.05, 4.69) is 21.4 Å². The molecule has 0 saturated carbocycles. The van der Waals surface area contributed by atoms with E-state index in [-0.39, 0.29) is 16.6 Å². The first kappa shape index (κ1) is 13.1. The number of hydroxylamine groups is 1. The Kier molecular flexibility index (Phi) is 5.37. The maximum Gasteiger partial charge on any atom is 0.276 e. The molecular weight excluding hydrogens is 281 g/mol. The average molecular weight is 292 g/mol. The van der Waals surface area contributed by atoms with Gasteiger partial charge in [0.05, 0.1) is 23.2 Å². The number of halogens is 2. The summed E-state index contributed by atoms with van der Waals surface area (Å²) in [6.45, 7) is 0.597. The van der Waals surface area contributed by atoms with E-state index in [0.29, 0.717) is 6.61 Å². The van der Waals surface area contributed by atoms with E-state index in [1.165, 1.54) is 25.3 Å². The lowest BCUT2D eigenvalue weighted by atomic mass is 10.2. The lowest BCUT2D eigenvalue weighted by Gasteiger charge is -2.07. The molecule has 1 N–H and O–H groups in total. The number of benzene rings is 1. The Morgan fingerprint density at radius 3 is 2.94 bits per heavy atom. The predicted molar refractivity (Wildman–Crippen MR) is 59.4 cm³/mol. The summed E-state index contributed by atoms with van der Waals surface area (Å²) in [5.41, 5.74) is 2.36. The Balaban J connectivity index is 2.56. The van der Waals surface area contributed by atoms with E-state index in [1.807, 2.05) is 0 Å². The van der Waals surface area contributed by atoms with Gasteiger partial charge in [-0.3, -0.25) is 9.63 Å². The number of nitrogens with one attached hydrogen (secondary N) is 1. The zero-order valence-corrected chi connectivity index (χ0v) is 10.2. The number of ether oxygens (including phenoxy) is 1. The van der Waals surface area contributed by atoms with Gasteiger partial charge in [-0.2, -0.15) is 0 Å². The topological polar surface area (TPSA) is 47.6 Å². The number of carbonyl (C=O) groups excluding carboxylic acids is 1. The Hall–Kier alpha value is -0.980. The van der Waals surface area contributed by atoms with Gasteiger partial charge in [0.1, 0.15) is 5.82 Å². The Labute approximate surface area is 101 Å². The zero-order chi connectivity index (χ0) is 12.0. The maximum atomic E-state index is 13.1. The third kappa shape index (κ3) is 3.55. The standard InChI is InChI=1S/C10H11BrFNO3/c1-15-5-6-16-13-10(14)7-3-2-4-8(12)9(7)11/h2-4H,5-6H2,1H3,(H,13,14). The van der Waals surface area contributed by atoms with Crippen LogP contribution in [0.4, 0.5) is 4.39 Å². The highest BCUT2D eigenvalue weighted by Crippen LogP contribution is 2.19. The molecule has 0 unspecified atom stereocenters. The molecule has 0 fully saturated rings.